The van der Waals surface area contributed by atoms with Gasteiger partial charge in [0.25, 0.3) is 0 Å². The molecule has 1 heterocycles. The summed E-state index contributed by atoms with van der Waals surface area (Å²) >= 11 is 1.95. The van der Waals surface area contributed by atoms with Crippen molar-refractivity contribution in [2.24, 2.45) is 5.73 Å². The molecule has 0 amide bonds. The Bertz CT molecular complexity index is 173. The van der Waals surface area contributed by atoms with E-state index >= 15 is 0 Å². The molecule has 1 fully saturated rings. The highest BCUT2D eigenvalue weighted by atomic mass is 32.2. The highest BCUT2D eigenvalue weighted by Gasteiger charge is 2.18. The topological polar surface area (TPSA) is 38.5 Å². The molecule has 0 radical (unpaired) electrons. The second-order valence-corrected chi connectivity index (χ2v) is 5.74. The first kappa shape index (κ1) is 15.3. The number of nitrogens with two attached hydrogens (primary N) is 1. The third-order valence-corrected chi connectivity index (χ3v) is 4.01. The van der Waals surface area contributed by atoms with Crippen LogP contribution in [0.15, 0.2) is 0 Å². The number of hydrogen-bond donors (Lipinski definition) is 1. The van der Waals surface area contributed by atoms with Gasteiger partial charge in [-0.15, -0.1) is 0 Å². The largest absolute Gasteiger partial charge is 0.378 e. The highest BCUT2D eigenvalue weighted by molar-refractivity contribution is 7.98. The van der Waals surface area contributed by atoms with E-state index in [0.717, 1.165) is 19.6 Å². The van der Waals surface area contributed by atoms with Crippen molar-refractivity contribution in [3.63, 3.8) is 0 Å². The van der Waals surface area contributed by atoms with Gasteiger partial charge in [-0.1, -0.05) is 0 Å². The molecule has 0 spiro atoms. The molecule has 1 aliphatic rings. The normalized spacial score (nSPS) is 18.7. The lowest BCUT2D eigenvalue weighted by atomic mass is 10.1. The zero-order chi connectivity index (χ0) is 12.3. The predicted molar refractivity (Wildman–Crippen MR) is 76.7 cm³/mol. The van der Waals surface area contributed by atoms with Crippen molar-refractivity contribution >= 4 is 11.8 Å². The van der Waals surface area contributed by atoms with E-state index in [0.29, 0.717) is 6.10 Å². The van der Waals surface area contributed by atoms with Crippen molar-refractivity contribution in [1.29, 1.82) is 0 Å². The molecule has 4 heteroatoms. The van der Waals surface area contributed by atoms with Crippen LogP contribution in [0.3, 0.4) is 0 Å². The van der Waals surface area contributed by atoms with Crippen molar-refractivity contribution in [3.8, 4) is 0 Å². The Morgan fingerprint density at radius 3 is 2.65 bits per heavy atom. The molecule has 3 nitrogen and oxygen atoms in total. The van der Waals surface area contributed by atoms with E-state index in [-0.39, 0.29) is 0 Å². The molecule has 0 unspecified atom stereocenters. The second kappa shape index (κ2) is 10.2. The van der Waals surface area contributed by atoms with Gasteiger partial charge in [0.1, 0.15) is 0 Å². The Hall–Kier alpha value is 0.230. The third kappa shape index (κ3) is 7.29. The van der Waals surface area contributed by atoms with Crippen LogP contribution in [0.2, 0.25) is 0 Å². The van der Waals surface area contributed by atoms with Crippen LogP contribution < -0.4 is 5.73 Å². The van der Waals surface area contributed by atoms with Crippen LogP contribution in [0, 0.1) is 0 Å². The van der Waals surface area contributed by atoms with E-state index in [2.05, 4.69) is 11.2 Å². The van der Waals surface area contributed by atoms with Crippen LogP contribution in [-0.4, -0.2) is 55.8 Å². The first-order valence-corrected chi connectivity index (χ1v) is 8.29. The van der Waals surface area contributed by atoms with Crippen molar-refractivity contribution < 1.29 is 4.74 Å². The van der Waals surface area contributed by atoms with Gasteiger partial charge in [-0.25, -0.2) is 0 Å². The van der Waals surface area contributed by atoms with Crippen molar-refractivity contribution in [2.75, 3.05) is 44.8 Å². The predicted octanol–water partition coefficient (Wildman–Crippen LogP) is 1.96. The SMILES string of the molecule is CSCCCCN1CCC(OCCCN)CC1. The van der Waals surface area contributed by atoms with E-state index < -0.39 is 0 Å². The fraction of sp³-hybridized carbons (Fsp3) is 1.00. The number of nitrogens with zero attached hydrogens (tertiary/aromatic N) is 1. The van der Waals surface area contributed by atoms with Crippen LogP contribution >= 0.6 is 11.8 Å². The van der Waals surface area contributed by atoms with Crippen LogP contribution in [0.4, 0.5) is 0 Å². The summed E-state index contributed by atoms with van der Waals surface area (Å²) in [6.07, 6.45) is 8.77. The first-order valence-electron chi connectivity index (χ1n) is 6.89. The maximum absolute atomic E-state index is 5.80. The van der Waals surface area contributed by atoms with Gasteiger partial charge in [0.15, 0.2) is 0 Å². The molecule has 0 aliphatic carbocycles. The Morgan fingerprint density at radius 1 is 1.24 bits per heavy atom. The van der Waals surface area contributed by atoms with E-state index in [1.165, 1.54) is 51.1 Å². The standard InChI is InChI=1S/C13H28N2OS/c1-17-12-3-2-8-15-9-5-13(6-10-15)16-11-4-7-14/h13H,2-12,14H2,1H3. The highest BCUT2D eigenvalue weighted by Crippen LogP contribution is 2.14. The first-order chi connectivity index (χ1) is 8.36. The fourth-order valence-electron chi connectivity index (χ4n) is 2.21. The van der Waals surface area contributed by atoms with Crippen LogP contribution in [0.5, 0.6) is 0 Å². The molecule has 0 aromatic carbocycles. The van der Waals surface area contributed by atoms with Crippen LogP contribution in [0.1, 0.15) is 32.1 Å². The second-order valence-electron chi connectivity index (χ2n) is 4.75. The van der Waals surface area contributed by atoms with Gasteiger partial charge in [0, 0.05) is 19.7 Å². The molecular weight excluding hydrogens is 232 g/mol. The molecule has 0 saturated carbocycles. The Morgan fingerprint density at radius 2 is 2.00 bits per heavy atom. The number of unbranched alkanes of at least 4 members (excludes halogenated alkanes) is 1. The monoisotopic (exact) mass is 260 g/mol. The molecule has 2 N–H and O–H groups in total. The van der Waals surface area contributed by atoms with Crippen molar-refractivity contribution in [1.82, 2.24) is 4.90 Å². The zero-order valence-electron chi connectivity index (χ0n) is 11.2. The molecule has 0 aromatic heterocycles. The summed E-state index contributed by atoms with van der Waals surface area (Å²) in [6, 6.07) is 0. The summed E-state index contributed by atoms with van der Waals surface area (Å²) in [4.78, 5) is 2.59. The number of rotatable bonds is 9. The molecule has 1 saturated heterocycles. The molecule has 102 valence electrons. The smallest absolute Gasteiger partial charge is 0.0599 e. The Balaban J connectivity index is 1.97. The lowest BCUT2D eigenvalue weighted by Gasteiger charge is -2.31. The minimum Gasteiger partial charge on any atom is -0.378 e. The van der Waals surface area contributed by atoms with E-state index in [9.17, 15) is 0 Å². The molecule has 0 aromatic rings. The molecule has 1 rings (SSSR count). The molecule has 1 aliphatic heterocycles. The summed E-state index contributed by atoms with van der Waals surface area (Å²) < 4.78 is 5.80. The van der Waals surface area contributed by atoms with Crippen molar-refractivity contribution in [2.45, 2.75) is 38.2 Å². The number of hydrogen-bond acceptors (Lipinski definition) is 4. The van der Waals surface area contributed by atoms with Gasteiger partial charge >= 0.3 is 0 Å². The van der Waals surface area contributed by atoms with Gasteiger partial charge in [0.2, 0.25) is 0 Å². The lowest BCUT2D eigenvalue weighted by molar-refractivity contribution is 0.00710. The lowest BCUT2D eigenvalue weighted by Crippen LogP contribution is -2.37. The molecule has 17 heavy (non-hydrogen) atoms. The zero-order valence-corrected chi connectivity index (χ0v) is 12.0. The minimum atomic E-state index is 0.490. The molecular formula is C13H28N2OS. The van der Waals surface area contributed by atoms with E-state index in [1.807, 2.05) is 11.8 Å². The number of ether oxygens (including phenoxy) is 1. The minimum absolute atomic E-state index is 0.490. The summed E-state index contributed by atoms with van der Waals surface area (Å²) in [5.74, 6) is 1.30. The van der Waals surface area contributed by atoms with E-state index in [4.69, 9.17) is 10.5 Å². The number of thioether (sulfide) groups is 1. The van der Waals surface area contributed by atoms with Crippen LogP contribution in [-0.2, 0) is 4.74 Å². The number of piperidine rings is 1. The third-order valence-electron chi connectivity index (χ3n) is 3.31. The van der Waals surface area contributed by atoms with Gasteiger partial charge < -0.3 is 15.4 Å². The Kier molecular flexibility index (Phi) is 9.16. The molecule has 0 bridgehead atoms. The summed E-state index contributed by atoms with van der Waals surface area (Å²) in [7, 11) is 0. The quantitative estimate of drug-likeness (QED) is 0.643. The summed E-state index contributed by atoms with van der Waals surface area (Å²) in [5.41, 5.74) is 5.46. The summed E-state index contributed by atoms with van der Waals surface area (Å²) in [6.45, 7) is 5.29. The maximum atomic E-state index is 5.80. The van der Waals surface area contributed by atoms with Gasteiger partial charge in [0.05, 0.1) is 6.10 Å². The Labute approximate surface area is 110 Å². The fourth-order valence-corrected chi connectivity index (χ4v) is 2.71. The van der Waals surface area contributed by atoms with Gasteiger partial charge in [-0.05, 0) is 57.2 Å². The molecule has 0 atom stereocenters. The van der Waals surface area contributed by atoms with Crippen molar-refractivity contribution in [3.05, 3.63) is 0 Å². The van der Waals surface area contributed by atoms with E-state index in [1.54, 1.807) is 0 Å². The number of likely N-dealkylation sites (tertiary alicyclic amines) is 1. The van der Waals surface area contributed by atoms with Gasteiger partial charge in [-0.2, -0.15) is 11.8 Å². The van der Waals surface area contributed by atoms with Gasteiger partial charge in [-0.3, -0.25) is 0 Å². The average Bonchev–Trinajstić information content (AvgIpc) is 2.37. The average molecular weight is 260 g/mol. The maximum Gasteiger partial charge on any atom is 0.0599 e. The summed E-state index contributed by atoms with van der Waals surface area (Å²) in [5, 5.41) is 0. The van der Waals surface area contributed by atoms with Crippen LogP contribution in [0.25, 0.3) is 0 Å².